The summed E-state index contributed by atoms with van der Waals surface area (Å²) in [7, 11) is 5.99. The van der Waals surface area contributed by atoms with Gasteiger partial charge in [0.2, 0.25) is 0 Å². The first kappa shape index (κ1) is 17.0. The molecule has 0 unspecified atom stereocenters. The summed E-state index contributed by atoms with van der Waals surface area (Å²) in [5, 5.41) is 20.3. The zero-order valence-corrected chi connectivity index (χ0v) is 14.6. The summed E-state index contributed by atoms with van der Waals surface area (Å²) in [4.78, 5) is 18.2. The van der Waals surface area contributed by atoms with Gasteiger partial charge in [-0.15, -0.1) is 10.2 Å². The fourth-order valence-electron chi connectivity index (χ4n) is 2.96. The van der Waals surface area contributed by atoms with Crippen molar-refractivity contribution < 1.29 is 4.79 Å². The molecule has 8 nitrogen and oxygen atoms in total. The molecule has 25 heavy (non-hydrogen) atoms. The summed E-state index contributed by atoms with van der Waals surface area (Å²) in [5.41, 5.74) is 0.769. The maximum absolute atomic E-state index is 12.2. The van der Waals surface area contributed by atoms with Crippen LogP contribution in [-0.2, 0) is 13.6 Å². The molecule has 1 N–H and O–H groups in total. The van der Waals surface area contributed by atoms with Crippen molar-refractivity contribution in [1.29, 1.82) is 5.26 Å². The van der Waals surface area contributed by atoms with Gasteiger partial charge < -0.3 is 14.8 Å². The zero-order valence-electron chi connectivity index (χ0n) is 14.6. The predicted molar refractivity (Wildman–Crippen MR) is 90.6 cm³/mol. The lowest BCUT2D eigenvalue weighted by Crippen LogP contribution is -2.44. The van der Waals surface area contributed by atoms with Crippen molar-refractivity contribution in [3.8, 4) is 6.07 Å². The molecule has 1 fully saturated rings. The van der Waals surface area contributed by atoms with Crippen molar-refractivity contribution in [3.63, 3.8) is 0 Å². The quantitative estimate of drug-likeness (QED) is 0.866. The van der Waals surface area contributed by atoms with Gasteiger partial charge in [0.15, 0.2) is 0 Å². The average molecular weight is 339 g/mol. The van der Waals surface area contributed by atoms with Crippen molar-refractivity contribution in [2.24, 2.45) is 7.05 Å². The predicted octanol–water partition coefficient (Wildman–Crippen LogP) is 0.819. The highest BCUT2D eigenvalue weighted by atomic mass is 16.1. The summed E-state index contributed by atoms with van der Waals surface area (Å²) in [6, 6.07) is 5.23. The topological polar surface area (TPSA) is 99.7 Å². The van der Waals surface area contributed by atoms with Crippen LogP contribution in [0, 0.1) is 11.3 Å². The normalized spacial score (nSPS) is 19.3. The highest BCUT2D eigenvalue weighted by Crippen LogP contribution is 2.36. The Hall–Kier alpha value is -2.79. The lowest BCUT2D eigenvalue weighted by atomic mass is 9.79. The molecule has 0 aliphatic heterocycles. The molecule has 8 heteroatoms. The number of nitrogens with one attached hydrogen (secondary N) is 1. The largest absolute Gasteiger partial charge is 0.349 e. The molecule has 1 amide bonds. The molecular formula is C17H21N7O. The van der Waals surface area contributed by atoms with Gasteiger partial charge in [-0.05, 0) is 39.1 Å². The van der Waals surface area contributed by atoms with E-state index in [-0.39, 0.29) is 11.9 Å². The number of amides is 1. The Morgan fingerprint density at radius 1 is 1.40 bits per heavy atom. The van der Waals surface area contributed by atoms with Crippen LogP contribution in [0.3, 0.4) is 0 Å². The van der Waals surface area contributed by atoms with E-state index in [1.165, 1.54) is 6.20 Å². The number of nitriles is 1. The fourth-order valence-corrected chi connectivity index (χ4v) is 2.96. The van der Waals surface area contributed by atoms with Crippen molar-refractivity contribution in [2.75, 3.05) is 14.1 Å². The molecule has 130 valence electrons. The number of pyridine rings is 1. The number of hydrogen-bond acceptors (Lipinski definition) is 6. The third-order valence-corrected chi connectivity index (χ3v) is 4.44. The minimum absolute atomic E-state index is 0.127. The number of carbonyl (C=O) groups excluding carboxylic acids is 1. The Balaban J connectivity index is 1.55. The molecule has 2 aromatic rings. The van der Waals surface area contributed by atoms with Crippen LogP contribution in [0.15, 0.2) is 18.3 Å². The Morgan fingerprint density at radius 2 is 2.16 bits per heavy atom. The van der Waals surface area contributed by atoms with Gasteiger partial charge in [0.05, 0.1) is 12.1 Å². The van der Waals surface area contributed by atoms with Crippen LogP contribution in [0.5, 0.6) is 0 Å². The molecule has 0 aromatic carbocycles. The molecule has 3 rings (SSSR count). The molecule has 1 saturated carbocycles. The summed E-state index contributed by atoms with van der Waals surface area (Å²) in [6.45, 7) is 0.752. The first-order valence-electron chi connectivity index (χ1n) is 8.18. The van der Waals surface area contributed by atoms with Gasteiger partial charge in [-0.25, -0.2) is 4.98 Å². The van der Waals surface area contributed by atoms with Crippen molar-refractivity contribution in [2.45, 2.75) is 31.3 Å². The van der Waals surface area contributed by atoms with E-state index in [1.54, 1.807) is 12.1 Å². The van der Waals surface area contributed by atoms with E-state index in [1.807, 2.05) is 31.8 Å². The second kappa shape index (κ2) is 6.99. The smallest absolute Gasteiger partial charge is 0.253 e. The molecule has 0 atom stereocenters. The molecular weight excluding hydrogens is 318 g/mol. The van der Waals surface area contributed by atoms with E-state index >= 15 is 0 Å². The van der Waals surface area contributed by atoms with Gasteiger partial charge in [0.25, 0.3) is 5.91 Å². The molecule has 0 radical (unpaired) electrons. The molecule has 1 aliphatic carbocycles. The van der Waals surface area contributed by atoms with E-state index in [9.17, 15) is 4.79 Å². The zero-order chi connectivity index (χ0) is 18.0. The summed E-state index contributed by atoms with van der Waals surface area (Å²) < 4.78 is 2.05. The molecule has 0 bridgehead atoms. The van der Waals surface area contributed by atoms with Crippen LogP contribution in [-0.4, -0.2) is 50.7 Å². The highest BCUT2D eigenvalue weighted by Gasteiger charge is 2.35. The fraction of sp³-hybridized carbons (Fsp3) is 0.471. The second-order valence-corrected chi connectivity index (χ2v) is 6.65. The number of aromatic nitrogens is 4. The number of carbonyl (C=O) groups is 1. The van der Waals surface area contributed by atoms with Crippen molar-refractivity contribution in [1.82, 2.24) is 30.0 Å². The Morgan fingerprint density at radius 3 is 2.76 bits per heavy atom. The van der Waals surface area contributed by atoms with Crippen molar-refractivity contribution in [3.05, 3.63) is 41.2 Å². The highest BCUT2D eigenvalue weighted by molar-refractivity contribution is 5.94. The van der Waals surface area contributed by atoms with Crippen LogP contribution < -0.4 is 5.32 Å². The second-order valence-electron chi connectivity index (χ2n) is 6.65. The van der Waals surface area contributed by atoms with E-state index in [0.29, 0.717) is 17.2 Å². The lowest BCUT2D eigenvalue weighted by Gasteiger charge is -2.35. The Labute approximate surface area is 146 Å². The van der Waals surface area contributed by atoms with Gasteiger partial charge in [0, 0.05) is 25.2 Å². The summed E-state index contributed by atoms with van der Waals surface area (Å²) in [5.74, 6) is 2.07. The lowest BCUT2D eigenvalue weighted by molar-refractivity contribution is 0.0906. The summed E-state index contributed by atoms with van der Waals surface area (Å²) >= 11 is 0. The molecule has 2 aromatic heterocycles. The number of rotatable bonds is 5. The molecule has 1 aliphatic rings. The summed E-state index contributed by atoms with van der Waals surface area (Å²) in [6.07, 6.45) is 3.13. The first-order valence-corrected chi connectivity index (χ1v) is 8.18. The third-order valence-electron chi connectivity index (χ3n) is 4.44. The van der Waals surface area contributed by atoms with Crippen LogP contribution in [0.1, 0.15) is 46.5 Å². The van der Waals surface area contributed by atoms with E-state index < -0.39 is 0 Å². The molecule has 2 heterocycles. The SMILES string of the molecule is CN(C)Cc1nnc(C2CC(NC(=O)c3ccc(C#N)nc3)C2)n1C. The van der Waals surface area contributed by atoms with Crippen LogP contribution in [0.25, 0.3) is 0 Å². The van der Waals surface area contributed by atoms with E-state index in [0.717, 1.165) is 31.0 Å². The Kier molecular flexibility index (Phi) is 4.76. The van der Waals surface area contributed by atoms with Gasteiger partial charge in [0.1, 0.15) is 23.4 Å². The van der Waals surface area contributed by atoms with Gasteiger partial charge in [-0.3, -0.25) is 4.79 Å². The van der Waals surface area contributed by atoms with Gasteiger partial charge in [-0.2, -0.15) is 5.26 Å². The van der Waals surface area contributed by atoms with Gasteiger partial charge in [-0.1, -0.05) is 0 Å². The van der Waals surface area contributed by atoms with Gasteiger partial charge >= 0.3 is 0 Å². The molecule has 0 spiro atoms. The first-order chi connectivity index (χ1) is 12.0. The molecule has 0 saturated heterocycles. The minimum atomic E-state index is -0.160. The Bertz CT molecular complexity index is 797. The standard InChI is InChI=1S/C17H21N7O/c1-23(2)10-15-21-22-16(24(15)3)12-6-14(7-12)20-17(25)11-4-5-13(8-18)19-9-11/h4-5,9,12,14H,6-7,10H2,1-3H3,(H,20,25). The number of nitrogens with zero attached hydrogens (tertiary/aromatic N) is 6. The average Bonchev–Trinajstić information content (AvgIpc) is 2.90. The third kappa shape index (κ3) is 3.67. The van der Waals surface area contributed by atoms with E-state index in [2.05, 4.69) is 25.4 Å². The van der Waals surface area contributed by atoms with Crippen molar-refractivity contribution >= 4 is 5.91 Å². The maximum atomic E-state index is 12.2. The maximum Gasteiger partial charge on any atom is 0.253 e. The van der Waals surface area contributed by atoms with Crippen LogP contribution >= 0.6 is 0 Å². The minimum Gasteiger partial charge on any atom is -0.349 e. The monoisotopic (exact) mass is 339 g/mol. The van der Waals surface area contributed by atoms with Crippen LogP contribution in [0.4, 0.5) is 0 Å². The number of hydrogen-bond donors (Lipinski definition) is 1. The van der Waals surface area contributed by atoms with Crippen LogP contribution in [0.2, 0.25) is 0 Å². The van der Waals surface area contributed by atoms with E-state index in [4.69, 9.17) is 5.26 Å².